The molecule has 3 rings (SSSR count). The molecule has 0 aliphatic heterocycles. The van der Waals surface area contributed by atoms with Crippen molar-refractivity contribution >= 4 is 28.8 Å². The molecule has 1 aliphatic carbocycles. The minimum absolute atomic E-state index is 0.00387. The van der Waals surface area contributed by atoms with Crippen molar-refractivity contribution in [3.05, 3.63) is 119 Å². The van der Waals surface area contributed by atoms with Gasteiger partial charge in [-0.3, -0.25) is 0 Å². The van der Waals surface area contributed by atoms with Gasteiger partial charge in [-0.05, 0) is 47.9 Å². The molecule has 1 heterocycles. The fraction of sp³-hybridized carbons (Fsp3) is 0.214. The van der Waals surface area contributed by atoms with Crippen LogP contribution in [0.15, 0.2) is 113 Å². The van der Waals surface area contributed by atoms with Crippen LogP contribution in [-0.2, 0) is 0 Å². The Kier molecular flexibility index (Phi) is 9.43. The van der Waals surface area contributed by atoms with E-state index in [1.54, 1.807) is 12.2 Å². The Hall–Kier alpha value is -2.48. The maximum atomic E-state index is 6.68. The van der Waals surface area contributed by atoms with Crippen LogP contribution >= 0.6 is 23.2 Å². The molecule has 0 fully saturated rings. The summed E-state index contributed by atoms with van der Waals surface area (Å²) in [7, 11) is 0. The van der Waals surface area contributed by atoms with Gasteiger partial charge in [-0.25, -0.2) is 0 Å². The van der Waals surface area contributed by atoms with E-state index in [1.807, 2.05) is 18.2 Å². The Labute approximate surface area is 197 Å². The van der Waals surface area contributed by atoms with Crippen LogP contribution in [0.25, 0.3) is 11.3 Å². The van der Waals surface area contributed by atoms with E-state index in [4.69, 9.17) is 23.2 Å². The van der Waals surface area contributed by atoms with Crippen LogP contribution in [-0.4, -0.2) is 4.57 Å². The average molecular weight is 452 g/mol. The third-order valence-electron chi connectivity index (χ3n) is 4.99. The molecule has 162 valence electrons. The van der Waals surface area contributed by atoms with Crippen LogP contribution in [0.2, 0.25) is 0 Å². The lowest BCUT2D eigenvalue weighted by molar-refractivity contribution is 0.846. The molecule has 1 nitrogen and oxygen atoms in total. The van der Waals surface area contributed by atoms with Gasteiger partial charge in [0.1, 0.15) is 0 Å². The maximum absolute atomic E-state index is 6.68. The molecule has 3 heteroatoms. The Morgan fingerprint density at radius 3 is 2.19 bits per heavy atom. The van der Waals surface area contributed by atoms with Crippen LogP contribution in [0, 0.1) is 5.92 Å². The molecular weight excluding hydrogens is 421 g/mol. The summed E-state index contributed by atoms with van der Waals surface area (Å²) in [6.45, 7) is 16.1. The minimum atomic E-state index is -0.00387. The summed E-state index contributed by atoms with van der Waals surface area (Å²) in [5.41, 5.74) is 6.04. The molecule has 0 bridgehead atoms. The minimum Gasteiger partial charge on any atom is -0.317 e. The van der Waals surface area contributed by atoms with Crippen molar-refractivity contribution in [2.45, 2.75) is 34.1 Å². The smallest absolute Gasteiger partial charge is 0.0523 e. The van der Waals surface area contributed by atoms with E-state index in [1.165, 1.54) is 6.42 Å². The Morgan fingerprint density at radius 1 is 1.00 bits per heavy atom. The van der Waals surface area contributed by atoms with Crippen LogP contribution in [0.4, 0.5) is 0 Å². The van der Waals surface area contributed by atoms with E-state index < -0.39 is 0 Å². The van der Waals surface area contributed by atoms with Gasteiger partial charge in [-0.1, -0.05) is 106 Å². The summed E-state index contributed by atoms with van der Waals surface area (Å²) in [5.74, 6) is -0.00387. The first-order valence-corrected chi connectivity index (χ1v) is 11.3. The Balaban J connectivity index is 0.00000107. The van der Waals surface area contributed by atoms with Crippen molar-refractivity contribution < 1.29 is 0 Å². The quantitative estimate of drug-likeness (QED) is 0.426. The molecule has 1 unspecified atom stereocenters. The van der Waals surface area contributed by atoms with Crippen LogP contribution in [0.5, 0.6) is 0 Å². The van der Waals surface area contributed by atoms with E-state index >= 15 is 0 Å². The number of benzene rings is 1. The normalized spacial score (nSPS) is 18.1. The first-order chi connectivity index (χ1) is 14.9. The monoisotopic (exact) mass is 451 g/mol. The van der Waals surface area contributed by atoms with Crippen molar-refractivity contribution in [1.82, 2.24) is 4.57 Å². The third-order valence-corrected chi connectivity index (χ3v) is 5.95. The highest BCUT2D eigenvalue weighted by atomic mass is 35.5. The van der Waals surface area contributed by atoms with Gasteiger partial charge in [-0.15, -0.1) is 0 Å². The summed E-state index contributed by atoms with van der Waals surface area (Å²) in [5, 5.41) is 1.41. The van der Waals surface area contributed by atoms with E-state index in [0.717, 1.165) is 38.7 Å². The standard InChI is InChI=1S/C25H23Cl2N.C3H8/c1-5-20-21(6-2)25(27)22(18(4)24(20)26)15-14-17(3)23-13-10-16-28(23)19-11-8-7-9-12-19;1-3-2/h5-16,18H,1-2H2,3-4H3;3H2,1-2H3/b17-14+,22-15+;. The van der Waals surface area contributed by atoms with E-state index in [-0.39, 0.29) is 5.92 Å². The number of hydrogen-bond acceptors (Lipinski definition) is 0. The fourth-order valence-electron chi connectivity index (χ4n) is 3.40. The molecule has 0 spiro atoms. The van der Waals surface area contributed by atoms with Crippen molar-refractivity contribution in [3.63, 3.8) is 0 Å². The van der Waals surface area contributed by atoms with Crippen LogP contribution < -0.4 is 0 Å². The highest BCUT2D eigenvalue weighted by molar-refractivity contribution is 6.36. The molecule has 2 aromatic rings. The van der Waals surface area contributed by atoms with Crippen molar-refractivity contribution in [3.8, 4) is 5.69 Å². The molecule has 1 atom stereocenters. The largest absolute Gasteiger partial charge is 0.317 e. The summed E-state index contributed by atoms with van der Waals surface area (Å²) < 4.78 is 2.17. The first kappa shape index (κ1) is 24.8. The van der Waals surface area contributed by atoms with Gasteiger partial charge >= 0.3 is 0 Å². The molecule has 31 heavy (non-hydrogen) atoms. The molecule has 0 radical (unpaired) electrons. The summed E-state index contributed by atoms with van der Waals surface area (Å²) in [6.07, 6.45) is 10.9. The topological polar surface area (TPSA) is 4.93 Å². The molecular formula is C28H31Cl2N. The van der Waals surface area contributed by atoms with Crippen molar-refractivity contribution in [2.75, 3.05) is 0 Å². The van der Waals surface area contributed by atoms with Crippen LogP contribution in [0.1, 0.15) is 39.8 Å². The number of para-hydroxylation sites is 1. The van der Waals surface area contributed by atoms with Gasteiger partial charge in [0, 0.05) is 34.1 Å². The van der Waals surface area contributed by atoms with E-state index in [0.29, 0.717) is 5.03 Å². The zero-order valence-electron chi connectivity index (χ0n) is 18.8. The second kappa shape index (κ2) is 11.8. The fourth-order valence-corrected chi connectivity index (χ4v) is 4.11. The molecule has 1 aliphatic rings. The maximum Gasteiger partial charge on any atom is 0.0523 e. The molecule has 0 N–H and O–H groups in total. The van der Waals surface area contributed by atoms with Gasteiger partial charge in [0.2, 0.25) is 0 Å². The number of hydrogen-bond donors (Lipinski definition) is 0. The molecule has 1 aromatic carbocycles. The molecule has 0 amide bonds. The number of aromatic nitrogens is 1. The lowest BCUT2D eigenvalue weighted by Crippen LogP contribution is -2.10. The summed E-state index contributed by atoms with van der Waals surface area (Å²) in [4.78, 5) is 0. The average Bonchev–Trinajstić information content (AvgIpc) is 3.27. The van der Waals surface area contributed by atoms with E-state index in [2.05, 4.69) is 88.0 Å². The third kappa shape index (κ3) is 5.61. The molecule has 1 aromatic heterocycles. The molecule has 0 saturated heterocycles. The lowest BCUT2D eigenvalue weighted by atomic mass is 9.86. The van der Waals surface area contributed by atoms with Gasteiger partial charge in [0.25, 0.3) is 0 Å². The SMILES string of the molecule is C=CC1=C(Cl)/C(=C/C=C(\C)c2cccn2-c2ccccc2)C(C)C(Cl)=C1C=C.CCC. The highest BCUT2D eigenvalue weighted by Gasteiger charge is 2.26. The predicted octanol–water partition coefficient (Wildman–Crippen LogP) is 9.23. The Bertz CT molecular complexity index is 1050. The zero-order chi connectivity index (χ0) is 23.0. The lowest BCUT2D eigenvalue weighted by Gasteiger charge is -2.25. The number of allylic oxidation sites excluding steroid dienone is 10. The van der Waals surface area contributed by atoms with Gasteiger partial charge in [0.15, 0.2) is 0 Å². The Morgan fingerprint density at radius 2 is 1.61 bits per heavy atom. The number of nitrogens with zero attached hydrogens (tertiary/aromatic N) is 1. The predicted molar refractivity (Wildman–Crippen MR) is 139 cm³/mol. The second-order valence-corrected chi connectivity index (χ2v) is 8.18. The van der Waals surface area contributed by atoms with Crippen LogP contribution in [0.3, 0.4) is 0 Å². The number of halogens is 2. The van der Waals surface area contributed by atoms with Crippen molar-refractivity contribution in [2.24, 2.45) is 5.92 Å². The summed E-state index contributed by atoms with van der Waals surface area (Å²) >= 11 is 13.3. The number of rotatable bonds is 5. The molecule has 0 saturated carbocycles. The van der Waals surface area contributed by atoms with Gasteiger partial charge < -0.3 is 4.57 Å². The second-order valence-electron chi connectivity index (χ2n) is 7.40. The zero-order valence-corrected chi connectivity index (χ0v) is 20.3. The van der Waals surface area contributed by atoms with Gasteiger partial charge in [-0.2, -0.15) is 0 Å². The van der Waals surface area contributed by atoms with Gasteiger partial charge in [0.05, 0.1) is 5.03 Å². The van der Waals surface area contributed by atoms with Crippen molar-refractivity contribution in [1.29, 1.82) is 0 Å². The highest BCUT2D eigenvalue weighted by Crippen LogP contribution is 2.43. The summed E-state index contributed by atoms with van der Waals surface area (Å²) in [6, 6.07) is 14.4. The first-order valence-electron chi connectivity index (χ1n) is 10.6. The van der Waals surface area contributed by atoms with E-state index in [9.17, 15) is 0 Å².